The predicted molar refractivity (Wildman–Crippen MR) is 86.6 cm³/mol. The first kappa shape index (κ1) is 19.0. The molecule has 19 heavy (non-hydrogen) atoms. The molecule has 2 aliphatic rings. The van der Waals surface area contributed by atoms with Crippen molar-refractivity contribution >= 4 is 0 Å². The zero-order valence-corrected chi connectivity index (χ0v) is 14.4. The first-order valence-corrected chi connectivity index (χ1v) is 8.65. The lowest BCUT2D eigenvalue weighted by Gasteiger charge is -2.42. The van der Waals surface area contributed by atoms with E-state index in [0.29, 0.717) is 5.41 Å². The molecule has 116 valence electrons. The Balaban J connectivity index is 0.000000341. The maximum Gasteiger partial charge on any atom is 0.0496 e. The van der Waals surface area contributed by atoms with Crippen molar-refractivity contribution in [3.63, 3.8) is 0 Å². The van der Waals surface area contributed by atoms with Crippen LogP contribution in [0.5, 0.6) is 0 Å². The van der Waals surface area contributed by atoms with Gasteiger partial charge in [-0.15, -0.1) is 0 Å². The van der Waals surface area contributed by atoms with Crippen LogP contribution in [0.1, 0.15) is 86.5 Å². The molecule has 0 amide bonds. The molecule has 0 N–H and O–H groups in total. The second-order valence-corrected chi connectivity index (χ2v) is 6.51. The monoisotopic (exact) mass is 270 g/mol. The molecule has 1 nitrogen and oxygen atoms in total. The van der Waals surface area contributed by atoms with Crippen molar-refractivity contribution in [2.75, 3.05) is 13.2 Å². The highest BCUT2D eigenvalue weighted by Gasteiger charge is 2.36. The topological polar surface area (TPSA) is 9.23 Å². The molecule has 0 aromatic heterocycles. The van der Waals surface area contributed by atoms with Crippen LogP contribution >= 0.6 is 0 Å². The highest BCUT2D eigenvalue weighted by Crippen LogP contribution is 2.41. The largest absolute Gasteiger partial charge is 0.381 e. The molecular formula is C18H38O. The Morgan fingerprint density at radius 3 is 1.63 bits per heavy atom. The van der Waals surface area contributed by atoms with Crippen LogP contribution in [0.25, 0.3) is 0 Å². The third kappa shape index (κ3) is 6.79. The molecule has 1 heteroatoms. The van der Waals surface area contributed by atoms with E-state index in [2.05, 4.69) is 27.7 Å². The van der Waals surface area contributed by atoms with Gasteiger partial charge >= 0.3 is 0 Å². The molecule has 1 saturated heterocycles. The highest BCUT2D eigenvalue weighted by atomic mass is 16.5. The van der Waals surface area contributed by atoms with Gasteiger partial charge in [0.25, 0.3) is 0 Å². The highest BCUT2D eigenvalue weighted by molar-refractivity contribution is 4.85. The van der Waals surface area contributed by atoms with Gasteiger partial charge in [-0.25, -0.2) is 0 Å². The first-order chi connectivity index (χ1) is 9.07. The lowest BCUT2D eigenvalue weighted by molar-refractivity contribution is -0.0481. The van der Waals surface area contributed by atoms with Gasteiger partial charge in [0.15, 0.2) is 0 Å². The molecule has 2 atom stereocenters. The maximum atomic E-state index is 5.43. The fraction of sp³-hybridized carbons (Fsp3) is 1.00. The lowest BCUT2D eigenvalue weighted by atomic mass is 9.67. The van der Waals surface area contributed by atoms with Crippen LogP contribution in [0, 0.1) is 17.3 Å². The first-order valence-electron chi connectivity index (χ1n) is 8.65. The van der Waals surface area contributed by atoms with Gasteiger partial charge in [0.1, 0.15) is 0 Å². The molecular weight excluding hydrogens is 232 g/mol. The molecule has 1 saturated carbocycles. The molecule has 1 aliphatic heterocycles. The Kier molecular flexibility index (Phi) is 10.7. The average molecular weight is 271 g/mol. The van der Waals surface area contributed by atoms with Crippen molar-refractivity contribution < 1.29 is 4.74 Å². The Morgan fingerprint density at radius 2 is 1.37 bits per heavy atom. The van der Waals surface area contributed by atoms with Crippen LogP contribution in [0.15, 0.2) is 0 Å². The summed E-state index contributed by atoms with van der Waals surface area (Å²) in [5.74, 6) is 1.50. The van der Waals surface area contributed by atoms with Gasteiger partial charge in [0.2, 0.25) is 0 Å². The van der Waals surface area contributed by atoms with Gasteiger partial charge in [-0.2, -0.15) is 0 Å². The number of rotatable bonds is 1. The van der Waals surface area contributed by atoms with Crippen molar-refractivity contribution in [1.29, 1.82) is 0 Å². The van der Waals surface area contributed by atoms with E-state index in [-0.39, 0.29) is 0 Å². The van der Waals surface area contributed by atoms with E-state index in [1.165, 1.54) is 44.9 Å². The van der Waals surface area contributed by atoms with Crippen LogP contribution < -0.4 is 0 Å². The zero-order chi connectivity index (χ0) is 14.7. The third-order valence-electron chi connectivity index (χ3n) is 5.10. The Morgan fingerprint density at radius 1 is 0.947 bits per heavy atom. The quantitative estimate of drug-likeness (QED) is 0.561. The van der Waals surface area contributed by atoms with Gasteiger partial charge in [-0.05, 0) is 23.7 Å². The van der Waals surface area contributed by atoms with Crippen LogP contribution in [-0.4, -0.2) is 13.2 Å². The van der Waals surface area contributed by atoms with Crippen molar-refractivity contribution in [1.82, 2.24) is 0 Å². The summed E-state index contributed by atoms with van der Waals surface area (Å²) in [4.78, 5) is 0. The fourth-order valence-electron chi connectivity index (χ4n) is 2.91. The van der Waals surface area contributed by atoms with E-state index < -0.39 is 0 Å². The standard InChI is InChI=1S/C10H20O.C6H12.C2H6/c1-8(2)10(4)5-6-11-7-9(10)3;1-2-4-6-5-3-1;1-2/h8-9H,5-7H2,1-4H3;1-6H2;1-2H3/t9?,10-;;/m0../s1. The summed E-state index contributed by atoms with van der Waals surface area (Å²) < 4.78 is 5.43. The summed E-state index contributed by atoms with van der Waals surface area (Å²) in [5.41, 5.74) is 0.512. The van der Waals surface area contributed by atoms with E-state index in [1.807, 2.05) is 13.8 Å². The van der Waals surface area contributed by atoms with Gasteiger partial charge in [0, 0.05) is 13.2 Å². The summed E-state index contributed by atoms with van der Waals surface area (Å²) >= 11 is 0. The van der Waals surface area contributed by atoms with Crippen LogP contribution in [0.3, 0.4) is 0 Å². The molecule has 2 fully saturated rings. The van der Waals surface area contributed by atoms with Crippen LogP contribution in [0.2, 0.25) is 0 Å². The summed E-state index contributed by atoms with van der Waals surface area (Å²) in [6.45, 7) is 15.3. The second kappa shape index (κ2) is 10.7. The van der Waals surface area contributed by atoms with Crippen LogP contribution in [0.4, 0.5) is 0 Å². The van der Waals surface area contributed by atoms with Crippen molar-refractivity contribution in [3.05, 3.63) is 0 Å². The predicted octanol–water partition coefficient (Wildman–Crippen LogP) is 6.07. The molecule has 0 aromatic rings. The van der Waals surface area contributed by atoms with Crippen molar-refractivity contribution in [2.24, 2.45) is 17.3 Å². The second-order valence-electron chi connectivity index (χ2n) is 6.51. The van der Waals surface area contributed by atoms with Gasteiger partial charge in [-0.3, -0.25) is 0 Å². The Labute approximate surface area is 122 Å². The number of ether oxygens (including phenoxy) is 1. The van der Waals surface area contributed by atoms with Gasteiger partial charge < -0.3 is 4.74 Å². The van der Waals surface area contributed by atoms with Crippen molar-refractivity contribution in [3.8, 4) is 0 Å². The molecule has 0 bridgehead atoms. The molecule has 2 rings (SSSR count). The van der Waals surface area contributed by atoms with E-state index in [9.17, 15) is 0 Å². The summed E-state index contributed by atoms with van der Waals surface area (Å²) in [6, 6.07) is 0. The lowest BCUT2D eigenvalue weighted by Crippen LogP contribution is -2.39. The molecule has 0 spiro atoms. The Hall–Kier alpha value is -0.0400. The molecule has 0 aromatic carbocycles. The molecule has 1 heterocycles. The smallest absolute Gasteiger partial charge is 0.0496 e. The minimum atomic E-state index is 0.512. The van der Waals surface area contributed by atoms with E-state index >= 15 is 0 Å². The maximum absolute atomic E-state index is 5.43. The summed E-state index contributed by atoms with van der Waals surface area (Å²) in [7, 11) is 0. The van der Waals surface area contributed by atoms with E-state index in [4.69, 9.17) is 4.74 Å². The fourth-order valence-corrected chi connectivity index (χ4v) is 2.91. The summed E-state index contributed by atoms with van der Waals surface area (Å²) in [6.07, 6.45) is 10.2. The van der Waals surface area contributed by atoms with Crippen molar-refractivity contribution in [2.45, 2.75) is 86.5 Å². The average Bonchev–Trinajstić information content (AvgIpc) is 2.47. The minimum absolute atomic E-state index is 0.512. The molecule has 1 aliphatic carbocycles. The SMILES string of the molecule is C1CCCCC1.CC.CC(C)[C@]1(C)CCOCC1C. The zero-order valence-electron chi connectivity index (χ0n) is 14.4. The van der Waals surface area contributed by atoms with Crippen LogP contribution in [-0.2, 0) is 4.74 Å². The van der Waals surface area contributed by atoms with Gasteiger partial charge in [0.05, 0.1) is 0 Å². The normalized spacial score (nSPS) is 30.8. The number of hydrogen-bond donors (Lipinski definition) is 0. The molecule has 0 radical (unpaired) electrons. The minimum Gasteiger partial charge on any atom is -0.381 e. The Bertz CT molecular complexity index is 184. The number of hydrogen-bond acceptors (Lipinski definition) is 1. The summed E-state index contributed by atoms with van der Waals surface area (Å²) in [5, 5.41) is 0. The van der Waals surface area contributed by atoms with Gasteiger partial charge in [-0.1, -0.05) is 80.1 Å². The van der Waals surface area contributed by atoms with E-state index in [1.54, 1.807) is 0 Å². The molecule has 1 unspecified atom stereocenters. The van der Waals surface area contributed by atoms with E-state index in [0.717, 1.165) is 25.0 Å². The third-order valence-corrected chi connectivity index (χ3v) is 5.10.